The molecule has 0 amide bonds. The van der Waals surface area contributed by atoms with E-state index in [2.05, 4.69) is 57.2 Å². The summed E-state index contributed by atoms with van der Waals surface area (Å²) in [7, 11) is 0. The molecule has 0 spiro atoms. The summed E-state index contributed by atoms with van der Waals surface area (Å²) in [6, 6.07) is 11.5. The number of halogens is 3. The third kappa shape index (κ3) is 11.2. The van der Waals surface area contributed by atoms with E-state index in [0.29, 0.717) is 12.0 Å². The Kier molecular flexibility index (Phi) is 12.1. The van der Waals surface area contributed by atoms with Crippen LogP contribution in [0.1, 0.15) is 64.8 Å². The summed E-state index contributed by atoms with van der Waals surface area (Å²) in [6.07, 6.45) is 7.58. The van der Waals surface area contributed by atoms with Crippen LogP contribution >= 0.6 is 0 Å². The minimum atomic E-state index is -4.22. The molecule has 0 fully saturated rings. The van der Waals surface area contributed by atoms with E-state index in [1.54, 1.807) is 13.0 Å². The molecule has 0 saturated heterocycles. The number of ketones is 2. The molecular formula is C30H39F3O2. The van der Waals surface area contributed by atoms with E-state index in [9.17, 15) is 22.8 Å². The molecule has 0 aromatic heterocycles. The van der Waals surface area contributed by atoms with Crippen molar-refractivity contribution in [3.8, 4) is 0 Å². The van der Waals surface area contributed by atoms with Gasteiger partial charge in [0, 0.05) is 20.8 Å². The first-order chi connectivity index (χ1) is 16.3. The van der Waals surface area contributed by atoms with Crippen molar-refractivity contribution in [2.75, 3.05) is 0 Å². The van der Waals surface area contributed by atoms with Gasteiger partial charge in [-0.25, -0.2) is 0 Å². The molecule has 0 bridgehead atoms. The van der Waals surface area contributed by atoms with Crippen molar-refractivity contribution in [3.63, 3.8) is 0 Å². The highest BCUT2D eigenvalue weighted by atomic mass is 19.4. The van der Waals surface area contributed by atoms with Gasteiger partial charge in [-0.2, -0.15) is 13.2 Å². The van der Waals surface area contributed by atoms with Gasteiger partial charge in [0.1, 0.15) is 5.78 Å². The van der Waals surface area contributed by atoms with E-state index in [1.165, 1.54) is 31.0 Å². The van der Waals surface area contributed by atoms with Crippen LogP contribution in [0, 0.1) is 19.8 Å². The molecule has 1 unspecified atom stereocenters. The molecule has 35 heavy (non-hydrogen) atoms. The third-order valence-electron chi connectivity index (χ3n) is 5.07. The second-order valence-corrected chi connectivity index (χ2v) is 8.67. The molecule has 3 rings (SSSR count). The van der Waals surface area contributed by atoms with Gasteiger partial charge in [-0.15, -0.1) is 0 Å². The van der Waals surface area contributed by atoms with Crippen molar-refractivity contribution in [2.45, 2.75) is 60.6 Å². The van der Waals surface area contributed by atoms with Crippen molar-refractivity contribution in [2.24, 2.45) is 5.92 Å². The average Bonchev–Trinajstić information content (AvgIpc) is 3.19. The summed E-state index contributed by atoms with van der Waals surface area (Å²) in [5, 5.41) is 0. The van der Waals surface area contributed by atoms with E-state index in [0.717, 1.165) is 29.7 Å². The number of aryl methyl sites for hydroxylation is 2. The molecule has 0 N–H and O–H groups in total. The van der Waals surface area contributed by atoms with Crippen LogP contribution < -0.4 is 0 Å². The number of carbonyl (C=O) groups is 2. The first-order valence-electron chi connectivity index (χ1n) is 11.6. The van der Waals surface area contributed by atoms with Crippen LogP contribution in [0.25, 0.3) is 6.08 Å². The Morgan fingerprint density at radius 3 is 2.20 bits per heavy atom. The normalized spacial score (nSPS) is 14.5. The molecule has 192 valence electrons. The number of carbonyl (C=O) groups excluding carboxylic acids is 2. The van der Waals surface area contributed by atoms with Gasteiger partial charge < -0.3 is 4.79 Å². The fraction of sp³-hybridized carbons (Fsp3) is 0.333. The maximum atomic E-state index is 12.3. The monoisotopic (exact) mass is 488 g/mol. The Morgan fingerprint density at radius 2 is 1.71 bits per heavy atom. The lowest BCUT2D eigenvalue weighted by Crippen LogP contribution is -2.10. The van der Waals surface area contributed by atoms with Gasteiger partial charge in [0.2, 0.25) is 0 Å². The first kappa shape index (κ1) is 29.8. The second kappa shape index (κ2) is 14.2. The molecule has 0 aliphatic heterocycles. The average molecular weight is 489 g/mol. The summed E-state index contributed by atoms with van der Waals surface area (Å²) < 4.78 is 35.9. The third-order valence-corrected chi connectivity index (χ3v) is 5.07. The number of rotatable bonds is 5. The lowest BCUT2D eigenvalue weighted by molar-refractivity contribution is -0.137. The summed E-state index contributed by atoms with van der Waals surface area (Å²) >= 11 is 0. The van der Waals surface area contributed by atoms with Crippen LogP contribution in [0.2, 0.25) is 0 Å². The van der Waals surface area contributed by atoms with Crippen molar-refractivity contribution < 1.29 is 25.6 Å². The van der Waals surface area contributed by atoms with Gasteiger partial charge in [-0.1, -0.05) is 86.2 Å². The molecule has 5 heteroatoms. The van der Waals surface area contributed by atoms with E-state index in [4.69, 9.17) is 0 Å². The topological polar surface area (TPSA) is 34.1 Å². The van der Waals surface area contributed by atoms with Crippen molar-refractivity contribution in [1.29, 1.82) is 0 Å². The molecule has 1 atom stereocenters. The predicted molar refractivity (Wildman–Crippen MR) is 142 cm³/mol. The molecule has 2 aromatic rings. The second-order valence-electron chi connectivity index (χ2n) is 8.67. The van der Waals surface area contributed by atoms with Crippen LogP contribution in [0.3, 0.4) is 0 Å². The maximum Gasteiger partial charge on any atom is 0.416 e. The molecule has 0 saturated carbocycles. The van der Waals surface area contributed by atoms with Gasteiger partial charge in [0.05, 0.1) is 5.56 Å². The Morgan fingerprint density at radius 1 is 1.06 bits per heavy atom. The fourth-order valence-corrected chi connectivity index (χ4v) is 3.26. The quantitative estimate of drug-likeness (QED) is 0.421. The van der Waals surface area contributed by atoms with Gasteiger partial charge in [0.25, 0.3) is 0 Å². The molecule has 0 heterocycles. The zero-order valence-corrected chi connectivity index (χ0v) is 21.4. The molecule has 1 aliphatic carbocycles. The summed E-state index contributed by atoms with van der Waals surface area (Å²) in [5.74, 6) is 0.657. The highest BCUT2D eigenvalue weighted by Gasteiger charge is 2.29. The standard InChI is InChI=1S/C19H22O.C8H7F3.C3H6O.2H2/c1-4-5-8-17-12-16(11-10-14(17)2)13-19(20)18-9-6-7-15(18)3;1-6-3-2-4-7(5-6)8(9,10)11;1-3(2)4;;/h5-12,15H,4,13H2,1-3H3;2-5H,1H3;1-2H3;2*1H/b8-5-;;;;. The number of allylic oxidation sites excluding steroid dienone is 5. The highest BCUT2D eigenvalue weighted by molar-refractivity contribution is 5.98. The Balaban J connectivity index is 0. The largest absolute Gasteiger partial charge is 0.416 e. The van der Waals surface area contributed by atoms with Crippen LogP contribution in [-0.4, -0.2) is 11.6 Å². The van der Waals surface area contributed by atoms with Gasteiger partial charge in [0.15, 0.2) is 5.78 Å². The number of benzene rings is 2. The smallest absolute Gasteiger partial charge is 0.300 e. The lowest BCUT2D eigenvalue weighted by Gasteiger charge is -2.09. The SMILES string of the molecule is CC(C)=O.CC/C=C\c1cc(CC(=O)C2=CC=CC2C)ccc1C.Cc1cccc(C(F)(F)F)c1.[HH].[HH]. The fourth-order valence-electron chi connectivity index (χ4n) is 3.26. The Bertz CT molecular complexity index is 1100. The first-order valence-corrected chi connectivity index (χ1v) is 11.6. The van der Waals surface area contributed by atoms with Crippen molar-refractivity contribution >= 4 is 17.6 Å². The highest BCUT2D eigenvalue weighted by Crippen LogP contribution is 2.29. The van der Waals surface area contributed by atoms with Gasteiger partial charge in [-0.05, 0) is 56.9 Å². The molecule has 2 nitrogen and oxygen atoms in total. The maximum absolute atomic E-state index is 12.3. The van der Waals surface area contributed by atoms with Crippen molar-refractivity contribution in [3.05, 3.63) is 100 Å². The number of hydrogen-bond donors (Lipinski definition) is 0. The Labute approximate surface area is 210 Å². The predicted octanol–water partition coefficient (Wildman–Crippen LogP) is 8.76. The zero-order chi connectivity index (χ0) is 26.6. The summed E-state index contributed by atoms with van der Waals surface area (Å²) in [5.41, 5.74) is 4.52. The van der Waals surface area contributed by atoms with Crippen LogP contribution in [-0.2, 0) is 22.2 Å². The van der Waals surface area contributed by atoms with E-state index < -0.39 is 11.7 Å². The van der Waals surface area contributed by atoms with E-state index in [1.807, 2.05) is 12.2 Å². The Hall–Kier alpha value is -3.21. The van der Waals surface area contributed by atoms with Crippen LogP contribution in [0.4, 0.5) is 13.2 Å². The van der Waals surface area contributed by atoms with E-state index in [-0.39, 0.29) is 20.3 Å². The molecule has 0 radical (unpaired) electrons. The minimum Gasteiger partial charge on any atom is -0.300 e. The molecule has 1 aliphatic rings. The van der Waals surface area contributed by atoms with Crippen LogP contribution in [0.5, 0.6) is 0 Å². The van der Waals surface area contributed by atoms with Gasteiger partial charge in [-0.3, -0.25) is 4.79 Å². The number of alkyl halides is 3. The van der Waals surface area contributed by atoms with Crippen LogP contribution in [0.15, 0.2) is 72.3 Å². The number of hydrogen-bond acceptors (Lipinski definition) is 2. The lowest BCUT2D eigenvalue weighted by atomic mass is 9.94. The minimum absolute atomic E-state index is 0. The van der Waals surface area contributed by atoms with E-state index >= 15 is 0 Å². The number of Topliss-reactive ketones (excluding diaryl/α,β-unsaturated/α-hetero) is 2. The summed E-state index contributed by atoms with van der Waals surface area (Å²) in [6.45, 7) is 11.0. The summed E-state index contributed by atoms with van der Waals surface area (Å²) in [4.78, 5) is 21.8. The van der Waals surface area contributed by atoms with Gasteiger partial charge >= 0.3 is 6.18 Å². The van der Waals surface area contributed by atoms with Crippen molar-refractivity contribution in [1.82, 2.24) is 0 Å². The molecule has 2 aromatic carbocycles. The zero-order valence-electron chi connectivity index (χ0n) is 21.4. The molecular weight excluding hydrogens is 449 g/mol.